The molecule has 0 unspecified atom stereocenters. The number of nitrogens with zero attached hydrogens (tertiary/aromatic N) is 3. The number of amides is 5. The molecule has 3 aliphatic heterocycles. The molecule has 0 radical (unpaired) electrons. The molecule has 35 heavy (non-hydrogen) atoms. The number of benzene rings is 1. The van der Waals surface area contributed by atoms with Gasteiger partial charge < -0.3 is 20.6 Å². The quantitative estimate of drug-likeness (QED) is 0.469. The minimum Gasteiger partial charge on any atom is -0.480 e. The van der Waals surface area contributed by atoms with Gasteiger partial charge in [0.2, 0.25) is 5.91 Å². The van der Waals surface area contributed by atoms with Gasteiger partial charge in [-0.15, -0.1) is 11.8 Å². The molecule has 4 rings (SSSR count). The summed E-state index contributed by atoms with van der Waals surface area (Å²) in [6.45, 7) is 6.51. The highest BCUT2D eigenvalue weighted by atomic mass is 32.2. The molecule has 12 heteroatoms. The number of imide groups is 1. The van der Waals surface area contributed by atoms with Crippen molar-refractivity contribution in [2.75, 3.05) is 26.2 Å². The number of fused-ring (bicyclic) bond motifs is 1. The lowest BCUT2D eigenvalue weighted by molar-refractivity contribution is -0.153. The fourth-order valence-electron chi connectivity index (χ4n) is 4.83. The van der Waals surface area contributed by atoms with Crippen molar-refractivity contribution in [3.05, 3.63) is 35.9 Å². The van der Waals surface area contributed by atoms with Crippen LogP contribution in [-0.4, -0.2) is 97.9 Å². The van der Waals surface area contributed by atoms with E-state index in [2.05, 4.69) is 10.6 Å². The van der Waals surface area contributed by atoms with Crippen LogP contribution in [0, 0.1) is 0 Å². The van der Waals surface area contributed by atoms with E-state index in [4.69, 9.17) is 0 Å². The highest BCUT2D eigenvalue weighted by molar-refractivity contribution is 8.01. The van der Waals surface area contributed by atoms with Crippen molar-refractivity contribution in [3.63, 3.8) is 0 Å². The number of nitrogens with one attached hydrogen (secondary N) is 2. The number of hydrogen-bond donors (Lipinski definition) is 3. The molecule has 11 nitrogen and oxygen atoms in total. The average molecular weight is 504 g/mol. The van der Waals surface area contributed by atoms with Gasteiger partial charge in [-0.1, -0.05) is 30.3 Å². The van der Waals surface area contributed by atoms with Crippen LogP contribution < -0.4 is 10.6 Å². The van der Waals surface area contributed by atoms with Gasteiger partial charge in [0.25, 0.3) is 0 Å². The van der Waals surface area contributed by atoms with Crippen LogP contribution in [0.4, 0.5) is 4.79 Å². The highest BCUT2D eigenvalue weighted by Crippen LogP contribution is 2.50. The van der Waals surface area contributed by atoms with E-state index in [1.54, 1.807) is 37.3 Å². The number of carboxylic acids is 1. The summed E-state index contributed by atoms with van der Waals surface area (Å²) in [6.07, 6.45) is 0. The number of carbonyl (C=O) groups excluding carboxylic acids is 4. The molecule has 0 bridgehead atoms. The minimum absolute atomic E-state index is 0.0370. The van der Waals surface area contributed by atoms with Crippen LogP contribution in [-0.2, 0) is 19.2 Å². The smallest absolute Gasteiger partial charge is 0.325 e. The molecule has 5 amide bonds. The lowest BCUT2D eigenvalue weighted by atomic mass is 9.96. The highest BCUT2D eigenvalue weighted by Gasteiger charge is 2.59. The number of carboxylic acid groups (broad SMARTS) is 1. The second kappa shape index (κ2) is 9.50. The molecule has 0 aromatic heterocycles. The first-order valence-electron chi connectivity index (χ1n) is 11.5. The first kappa shape index (κ1) is 25.0. The second-order valence-electron chi connectivity index (χ2n) is 9.30. The maximum atomic E-state index is 13.3. The molecular weight excluding hydrogens is 474 g/mol. The van der Waals surface area contributed by atoms with Crippen molar-refractivity contribution in [3.8, 4) is 0 Å². The Morgan fingerprint density at radius 1 is 1.14 bits per heavy atom. The molecule has 4 atom stereocenters. The van der Waals surface area contributed by atoms with Gasteiger partial charge in [0.05, 0.1) is 11.4 Å². The van der Waals surface area contributed by atoms with Crippen LogP contribution in [0.5, 0.6) is 0 Å². The number of likely N-dealkylation sites (N-methyl/N-ethyl adjacent to an activating group) is 1. The lowest BCUT2D eigenvalue weighted by Crippen LogP contribution is -2.67. The van der Waals surface area contributed by atoms with E-state index >= 15 is 0 Å². The maximum absolute atomic E-state index is 13.3. The first-order chi connectivity index (χ1) is 16.5. The number of piperazine rings is 1. The number of aliphatic carboxylic acids is 1. The Bertz CT molecular complexity index is 1050. The Morgan fingerprint density at radius 2 is 1.83 bits per heavy atom. The summed E-state index contributed by atoms with van der Waals surface area (Å²) in [5, 5.41) is 15.0. The van der Waals surface area contributed by atoms with Gasteiger partial charge in [-0.2, -0.15) is 0 Å². The molecule has 0 saturated carbocycles. The summed E-state index contributed by atoms with van der Waals surface area (Å²) in [5.74, 6) is -3.05. The Labute approximate surface area is 207 Å². The number of thioether (sulfide) groups is 1. The molecule has 3 aliphatic rings. The third-order valence-corrected chi connectivity index (χ3v) is 8.32. The summed E-state index contributed by atoms with van der Waals surface area (Å²) in [4.78, 5) is 66.7. The molecule has 0 spiro atoms. The van der Waals surface area contributed by atoms with Crippen LogP contribution in [0.3, 0.4) is 0 Å². The van der Waals surface area contributed by atoms with Crippen LogP contribution in [0.2, 0.25) is 0 Å². The normalized spacial score (nSPS) is 26.5. The number of rotatable bonds is 6. The third-order valence-electron chi connectivity index (χ3n) is 6.65. The van der Waals surface area contributed by atoms with Crippen LogP contribution in [0.15, 0.2) is 30.3 Å². The van der Waals surface area contributed by atoms with Crippen molar-refractivity contribution < 1.29 is 29.1 Å². The van der Waals surface area contributed by atoms with Crippen LogP contribution in [0.1, 0.15) is 32.4 Å². The van der Waals surface area contributed by atoms with E-state index < -0.39 is 46.6 Å². The SMILES string of the molecule is CCN1CCN(C(=O)N[C@@H](C(=O)N[C@@H]2CN3[C@@H]2SC(C)(C)[C@@H]3C(=O)O)c2ccccc2)C(=O)C1=O. The van der Waals surface area contributed by atoms with E-state index in [-0.39, 0.29) is 24.5 Å². The van der Waals surface area contributed by atoms with Gasteiger partial charge in [-0.25, -0.2) is 4.79 Å². The van der Waals surface area contributed by atoms with Crippen molar-refractivity contribution in [1.29, 1.82) is 0 Å². The van der Waals surface area contributed by atoms with Gasteiger partial charge >= 0.3 is 23.8 Å². The number of hydrogen-bond acceptors (Lipinski definition) is 7. The molecule has 3 fully saturated rings. The molecule has 0 aliphatic carbocycles. The Hall–Kier alpha value is -3.12. The van der Waals surface area contributed by atoms with Crippen molar-refractivity contribution in [1.82, 2.24) is 25.3 Å². The fraction of sp³-hybridized carbons (Fsp3) is 0.522. The van der Waals surface area contributed by atoms with Crippen LogP contribution >= 0.6 is 11.8 Å². The summed E-state index contributed by atoms with van der Waals surface area (Å²) in [7, 11) is 0. The summed E-state index contributed by atoms with van der Waals surface area (Å²) >= 11 is 1.50. The molecule has 3 saturated heterocycles. The largest absolute Gasteiger partial charge is 0.480 e. The maximum Gasteiger partial charge on any atom is 0.325 e. The zero-order valence-electron chi connectivity index (χ0n) is 19.8. The number of urea groups is 1. The monoisotopic (exact) mass is 503 g/mol. The van der Waals surface area contributed by atoms with Gasteiger partial charge in [-0.05, 0) is 26.3 Å². The Morgan fingerprint density at radius 3 is 2.46 bits per heavy atom. The predicted octanol–water partition coefficient (Wildman–Crippen LogP) is 0.233. The van der Waals surface area contributed by atoms with Gasteiger partial charge in [0.1, 0.15) is 12.1 Å². The van der Waals surface area contributed by atoms with Gasteiger partial charge in [-0.3, -0.25) is 29.0 Å². The van der Waals surface area contributed by atoms with Crippen molar-refractivity contribution >= 4 is 41.5 Å². The van der Waals surface area contributed by atoms with Gasteiger partial charge in [0, 0.05) is 30.9 Å². The van der Waals surface area contributed by atoms with Crippen LogP contribution in [0.25, 0.3) is 0 Å². The molecule has 3 heterocycles. The van der Waals surface area contributed by atoms with Gasteiger partial charge in [0.15, 0.2) is 0 Å². The average Bonchev–Trinajstić information content (AvgIpc) is 3.03. The number of carbonyl (C=O) groups is 5. The molecule has 188 valence electrons. The van der Waals surface area contributed by atoms with Crippen molar-refractivity contribution in [2.45, 2.75) is 49.0 Å². The molecular formula is C23H29N5O6S. The first-order valence-corrected chi connectivity index (χ1v) is 12.4. The van der Waals surface area contributed by atoms with E-state index in [1.165, 1.54) is 16.7 Å². The third kappa shape index (κ3) is 4.59. The van der Waals surface area contributed by atoms with E-state index in [9.17, 15) is 29.1 Å². The molecule has 1 aromatic carbocycles. The van der Waals surface area contributed by atoms with E-state index in [1.807, 2.05) is 18.7 Å². The summed E-state index contributed by atoms with van der Waals surface area (Å²) in [5.41, 5.74) is 0.517. The predicted molar refractivity (Wildman–Crippen MR) is 127 cm³/mol. The standard InChI is InChI=1S/C23H29N5O6S/c1-4-26-10-11-27(19(31)18(26)30)22(34)25-15(13-8-6-5-7-9-13)17(29)24-14-12-28-16(21(32)33)23(2,3)35-20(14)28/h5-9,14-16,20H,4,10-12H2,1-3H3,(H,24,29)(H,25,34)(H,32,33)/t14-,15-,16+,20-/m1/s1. The zero-order chi connectivity index (χ0) is 25.5. The Kier molecular flexibility index (Phi) is 6.78. The molecule has 3 N–H and O–H groups in total. The van der Waals surface area contributed by atoms with E-state index in [0.29, 0.717) is 18.7 Å². The zero-order valence-corrected chi connectivity index (χ0v) is 20.6. The lowest BCUT2D eigenvalue weighted by Gasteiger charge is -2.45. The topological polar surface area (TPSA) is 139 Å². The second-order valence-corrected chi connectivity index (χ2v) is 11.1. The van der Waals surface area contributed by atoms with E-state index in [0.717, 1.165) is 4.90 Å². The van der Waals surface area contributed by atoms with Crippen molar-refractivity contribution in [2.24, 2.45) is 0 Å². The Balaban J connectivity index is 1.47. The summed E-state index contributed by atoms with van der Waals surface area (Å²) < 4.78 is -0.517. The fourth-order valence-corrected chi connectivity index (χ4v) is 6.48. The molecule has 1 aromatic rings. The summed E-state index contributed by atoms with van der Waals surface area (Å²) in [6, 6.07) is 5.75. The minimum atomic E-state index is -1.10.